The molecular formula is C16H24N6. The van der Waals surface area contributed by atoms with Crippen LogP contribution in [0.25, 0.3) is 11.0 Å². The highest BCUT2D eigenvalue weighted by Gasteiger charge is 2.35. The molecule has 2 saturated heterocycles. The van der Waals surface area contributed by atoms with E-state index in [4.69, 9.17) is 0 Å². The van der Waals surface area contributed by atoms with E-state index in [2.05, 4.69) is 49.6 Å². The molecule has 2 fully saturated rings. The van der Waals surface area contributed by atoms with Crippen LogP contribution in [0.2, 0.25) is 0 Å². The highest BCUT2D eigenvalue weighted by atomic mass is 15.4. The maximum absolute atomic E-state index is 4.48. The molecular weight excluding hydrogens is 276 g/mol. The summed E-state index contributed by atoms with van der Waals surface area (Å²) in [4.78, 5) is 19.5. The van der Waals surface area contributed by atoms with Gasteiger partial charge in [0.25, 0.3) is 0 Å². The number of aromatic nitrogens is 3. The van der Waals surface area contributed by atoms with Gasteiger partial charge < -0.3 is 9.88 Å². The first-order chi connectivity index (χ1) is 10.7. The van der Waals surface area contributed by atoms with E-state index < -0.39 is 0 Å². The summed E-state index contributed by atoms with van der Waals surface area (Å²) in [6.45, 7) is 11.5. The molecule has 6 heteroatoms. The maximum atomic E-state index is 4.48. The molecule has 0 aromatic carbocycles. The molecule has 2 aromatic heterocycles. The molecule has 0 aliphatic carbocycles. The Kier molecular flexibility index (Phi) is 3.50. The predicted molar refractivity (Wildman–Crippen MR) is 88.2 cm³/mol. The van der Waals surface area contributed by atoms with Crippen molar-refractivity contribution < 1.29 is 0 Å². The van der Waals surface area contributed by atoms with Crippen molar-refractivity contribution in [2.24, 2.45) is 0 Å². The number of hydrogen-bond acceptors (Lipinski definition) is 5. The van der Waals surface area contributed by atoms with Crippen LogP contribution in [0.5, 0.6) is 0 Å². The number of rotatable bonds is 3. The second kappa shape index (κ2) is 5.52. The van der Waals surface area contributed by atoms with Gasteiger partial charge in [-0.15, -0.1) is 0 Å². The van der Waals surface area contributed by atoms with Crippen molar-refractivity contribution in [3.8, 4) is 0 Å². The van der Waals surface area contributed by atoms with Crippen molar-refractivity contribution in [2.75, 3.05) is 44.2 Å². The highest BCUT2D eigenvalue weighted by molar-refractivity contribution is 5.87. The summed E-state index contributed by atoms with van der Waals surface area (Å²) < 4.78 is 0. The van der Waals surface area contributed by atoms with Gasteiger partial charge in [0.2, 0.25) is 0 Å². The standard InChI is InChI=1S/C16H24N6/c1-12(2)20-5-7-21(8-6-20)13-9-22(10-13)16-14-3-4-17-15(14)18-11-19-16/h3-4,11-13H,5-10H2,1-2H3,(H,17,18,19). The Hall–Kier alpha value is -1.66. The minimum Gasteiger partial charge on any atom is -0.353 e. The second-order valence-corrected chi connectivity index (χ2v) is 6.66. The molecule has 0 atom stereocenters. The summed E-state index contributed by atoms with van der Waals surface area (Å²) in [6, 6.07) is 3.42. The Bertz CT molecular complexity index is 637. The van der Waals surface area contributed by atoms with E-state index in [-0.39, 0.29) is 0 Å². The summed E-state index contributed by atoms with van der Waals surface area (Å²) >= 11 is 0. The zero-order valence-corrected chi connectivity index (χ0v) is 13.4. The molecule has 6 nitrogen and oxygen atoms in total. The molecule has 4 heterocycles. The monoisotopic (exact) mass is 300 g/mol. The van der Waals surface area contributed by atoms with Gasteiger partial charge in [-0.25, -0.2) is 9.97 Å². The van der Waals surface area contributed by atoms with Gasteiger partial charge in [0.05, 0.1) is 5.39 Å². The Morgan fingerprint density at radius 2 is 1.91 bits per heavy atom. The Morgan fingerprint density at radius 1 is 1.14 bits per heavy atom. The molecule has 2 aliphatic heterocycles. The van der Waals surface area contributed by atoms with E-state index in [0.29, 0.717) is 12.1 Å². The van der Waals surface area contributed by atoms with E-state index in [9.17, 15) is 0 Å². The van der Waals surface area contributed by atoms with E-state index in [1.807, 2.05) is 6.20 Å². The number of fused-ring (bicyclic) bond motifs is 1. The van der Waals surface area contributed by atoms with Gasteiger partial charge in [0, 0.05) is 57.5 Å². The minimum atomic E-state index is 0.669. The summed E-state index contributed by atoms with van der Waals surface area (Å²) in [5.41, 5.74) is 0.930. The number of nitrogens with zero attached hydrogens (tertiary/aromatic N) is 5. The fourth-order valence-corrected chi connectivity index (χ4v) is 3.59. The van der Waals surface area contributed by atoms with Crippen molar-refractivity contribution in [2.45, 2.75) is 25.9 Å². The van der Waals surface area contributed by atoms with Gasteiger partial charge in [-0.05, 0) is 19.9 Å². The van der Waals surface area contributed by atoms with Crippen LogP contribution in [0.15, 0.2) is 18.6 Å². The molecule has 0 bridgehead atoms. The van der Waals surface area contributed by atoms with Gasteiger partial charge >= 0.3 is 0 Å². The lowest BCUT2D eigenvalue weighted by Crippen LogP contribution is -2.63. The van der Waals surface area contributed by atoms with Gasteiger partial charge in [-0.1, -0.05) is 0 Å². The third kappa shape index (κ3) is 2.36. The van der Waals surface area contributed by atoms with Crippen molar-refractivity contribution in [1.29, 1.82) is 0 Å². The SMILES string of the molecule is CC(C)N1CCN(C2CN(c3ncnc4[nH]ccc34)C2)CC1. The number of aromatic amines is 1. The zero-order valence-electron chi connectivity index (χ0n) is 13.4. The van der Waals surface area contributed by atoms with Gasteiger partial charge in [0.15, 0.2) is 0 Å². The Morgan fingerprint density at radius 3 is 2.64 bits per heavy atom. The maximum Gasteiger partial charge on any atom is 0.142 e. The van der Waals surface area contributed by atoms with E-state index in [1.165, 1.54) is 26.2 Å². The van der Waals surface area contributed by atoms with Crippen LogP contribution in [0.1, 0.15) is 13.8 Å². The van der Waals surface area contributed by atoms with Crippen LogP contribution in [0.4, 0.5) is 5.82 Å². The number of nitrogens with one attached hydrogen (secondary N) is 1. The molecule has 0 unspecified atom stereocenters. The lowest BCUT2D eigenvalue weighted by atomic mass is 10.1. The summed E-state index contributed by atoms with van der Waals surface area (Å²) in [6.07, 6.45) is 3.59. The molecule has 2 aromatic rings. The van der Waals surface area contributed by atoms with E-state index in [1.54, 1.807) is 6.33 Å². The highest BCUT2D eigenvalue weighted by Crippen LogP contribution is 2.28. The van der Waals surface area contributed by atoms with E-state index in [0.717, 1.165) is 29.9 Å². The average molecular weight is 300 g/mol. The van der Waals surface area contributed by atoms with Crippen LogP contribution < -0.4 is 4.90 Å². The quantitative estimate of drug-likeness (QED) is 0.922. The van der Waals surface area contributed by atoms with Crippen molar-refractivity contribution in [1.82, 2.24) is 24.8 Å². The van der Waals surface area contributed by atoms with E-state index >= 15 is 0 Å². The number of hydrogen-bond donors (Lipinski definition) is 1. The van der Waals surface area contributed by atoms with Gasteiger partial charge in [0.1, 0.15) is 17.8 Å². The normalized spacial score (nSPS) is 21.7. The first kappa shape index (κ1) is 14.0. The van der Waals surface area contributed by atoms with Crippen LogP contribution in [-0.2, 0) is 0 Å². The predicted octanol–water partition coefficient (Wildman–Crippen LogP) is 1.17. The second-order valence-electron chi connectivity index (χ2n) is 6.66. The van der Waals surface area contributed by atoms with Gasteiger partial charge in [-0.2, -0.15) is 0 Å². The van der Waals surface area contributed by atoms with Crippen LogP contribution in [-0.4, -0.2) is 76.1 Å². The molecule has 118 valence electrons. The number of H-pyrrole nitrogens is 1. The Balaban J connectivity index is 1.38. The van der Waals surface area contributed by atoms with Crippen molar-refractivity contribution in [3.63, 3.8) is 0 Å². The molecule has 2 aliphatic rings. The molecule has 4 rings (SSSR count). The largest absolute Gasteiger partial charge is 0.353 e. The summed E-state index contributed by atoms with van der Waals surface area (Å²) in [5.74, 6) is 1.07. The first-order valence-electron chi connectivity index (χ1n) is 8.23. The smallest absolute Gasteiger partial charge is 0.142 e. The average Bonchev–Trinajstić information content (AvgIpc) is 2.95. The van der Waals surface area contributed by atoms with Crippen LogP contribution >= 0.6 is 0 Å². The third-order valence-electron chi connectivity index (χ3n) is 5.09. The molecule has 0 radical (unpaired) electrons. The van der Waals surface area contributed by atoms with Crippen LogP contribution in [0.3, 0.4) is 0 Å². The zero-order chi connectivity index (χ0) is 15.1. The fraction of sp³-hybridized carbons (Fsp3) is 0.625. The number of anilines is 1. The first-order valence-corrected chi connectivity index (χ1v) is 8.23. The fourth-order valence-electron chi connectivity index (χ4n) is 3.59. The number of piperazine rings is 1. The molecule has 0 saturated carbocycles. The van der Waals surface area contributed by atoms with Crippen molar-refractivity contribution >= 4 is 16.9 Å². The van der Waals surface area contributed by atoms with Crippen LogP contribution in [0, 0.1) is 0 Å². The summed E-state index contributed by atoms with van der Waals surface area (Å²) in [5, 5.41) is 1.13. The molecule has 1 N–H and O–H groups in total. The summed E-state index contributed by atoms with van der Waals surface area (Å²) in [7, 11) is 0. The van der Waals surface area contributed by atoms with Crippen molar-refractivity contribution in [3.05, 3.63) is 18.6 Å². The third-order valence-corrected chi connectivity index (χ3v) is 5.09. The molecule has 0 spiro atoms. The molecule has 0 amide bonds. The Labute approximate surface area is 131 Å². The lowest BCUT2D eigenvalue weighted by Gasteiger charge is -2.49. The molecule has 22 heavy (non-hydrogen) atoms. The topological polar surface area (TPSA) is 51.3 Å². The van der Waals surface area contributed by atoms with Gasteiger partial charge in [-0.3, -0.25) is 9.80 Å². The minimum absolute atomic E-state index is 0.669. The lowest BCUT2D eigenvalue weighted by molar-refractivity contribution is 0.0677.